The van der Waals surface area contributed by atoms with Crippen LogP contribution in [0, 0.1) is 5.92 Å². The van der Waals surface area contributed by atoms with Crippen LogP contribution in [0.5, 0.6) is 11.5 Å². The SMILES string of the molecule is COc1cccc(C2SC(C(C)C(=O)O)c3nnc(C(C)(C)C)n3-c3ccc(C(F)(F)F)cc32)c1OC. The lowest BCUT2D eigenvalue weighted by atomic mass is 9.94. The molecule has 0 fully saturated rings. The number of ether oxygens (including phenoxy) is 2. The molecule has 11 heteroatoms. The second-order valence-electron chi connectivity index (χ2n) is 9.88. The molecule has 0 saturated heterocycles. The van der Waals surface area contributed by atoms with Gasteiger partial charge in [0, 0.05) is 11.0 Å². The van der Waals surface area contributed by atoms with E-state index in [-0.39, 0.29) is 0 Å². The van der Waals surface area contributed by atoms with E-state index in [0.717, 1.165) is 12.1 Å². The molecule has 1 aliphatic rings. The van der Waals surface area contributed by atoms with Gasteiger partial charge in [-0.3, -0.25) is 9.36 Å². The van der Waals surface area contributed by atoms with Gasteiger partial charge in [0.15, 0.2) is 17.3 Å². The molecular formula is C26H28F3N3O4S. The van der Waals surface area contributed by atoms with Gasteiger partial charge >= 0.3 is 12.1 Å². The Morgan fingerprint density at radius 1 is 1.08 bits per heavy atom. The minimum absolute atomic E-state index is 0.345. The molecule has 2 aromatic carbocycles. The summed E-state index contributed by atoms with van der Waals surface area (Å²) in [5.41, 5.74) is 0.0280. The highest BCUT2D eigenvalue weighted by atomic mass is 32.2. The second-order valence-corrected chi connectivity index (χ2v) is 11.1. The summed E-state index contributed by atoms with van der Waals surface area (Å²) in [6.45, 7) is 7.33. The van der Waals surface area contributed by atoms with Crippen LogP contribution in [0.15, 0.2) is 36.4 Å². The van der Waals surface area contributed by atoms with Crippen molar-refractivity contribution in [1.82, 2.24) is 14.8 Å². The Bertz CT molecular complexity index is 1330. The van der Waals surface area contributed by atoms with E-state index in [2.05, 4.69) is 10.2 Å². The van der Waals surface area contributed by atoms with Gasteiger partial charge in [-0.15, -0.1) is 22.0 Å². The van der Waals surface area contributed by atoms with E-state index in [4.69, 9.17) is 9.47 Å². The summed E-state index contributed by atoms with van der Waals surface area (Å²) in [5.74, 6) is -0.309. The Kier molecular flexibility index (Phi) is 6.96. The first-order chi connectivity index (χ1) is 17.3. The highest BCUT2D eigenvalue weighted by Gasteiger charge is 2.42. The van der Waals surface area contributed by atoms with Crippen molar-refractivity contribution in [3.8, 4) is 17.2 Å². The molecule has 3 unspecified atom stereocenters. The third-order valence-corrected chi connectivity index (χ3v) is 8.03. The maximum Gasteiger partial charge on any atom is 0.416 e. The lowest BCUT2D eigenvalue weighted by Crippen LogP contribution is -2.22. The normalized spacial score (nSPS) is 18.4. The molecule has 4 rings (SSSR count). The summed E-state index contributed by atoms with van der Waals surface area (Å²) in [5, 5.41) is 17.3. The fourth-order valence-electron chi connectivity index (χ4n) is 4.46. The van der Waals surface area contributed by atoms with Crippen LogP contribution < -0.4 is 9.47 Å². The van der Waals surface area contributed by atoms with Gasteiger partial charge in [0.1, 0.15) is 5.82 Å². The average molecular weight is 536 g/mol. The van der Waals surface area contributed by atoms with Crippen molar-refractivity contribution in [3.05, 3.63) is 64.7 Å². The highest BCUT2D eigenvalue weighted by molar-refractivity contribution is 8.00. The fraction of sp³-hybridized carbons (Fsp3) is 0.423. The maximum atomic E-state index is 13.9. The Morgan fingerprint density at radius 3 is 2.35 bits per heavy atom. The number of nitrogens with zero attached hydrogens (tertiary/aromatic N) is 3. The van der Waals surface area contributed by atoms with E-state index in [1.807, 2.05) is 20.8 Å². The van der Waals surface area contributed by atoms with Crippen molar-refractivity contribution in [2.75, 3.05) is 14.2 Å². The number of methoxy groups -OCH3 is 2. The molecule has 2 heterocycles. The Morgan fingerprint density at radius 2 is 1.78 bits per heavy atom. The number of rotatable bonds is 5. The number of benzene rings is 2. The predicted octanol–water partition coefficient (Wildman–Crippen LogP) is 6.20. The molecule has 3 aromatic rings. The summed E-state index contributed by atoms with van der Waals surface area (Å²) in [6, 6.07) is 8.74. The highest BCUT2D eigenvalue weighted by Crippen LogP contribution is 2.55. The van der Waals surface area contributed by atoms with Gasteiger partial charge in [-0.1, -0.05) is 39.8 Å². The summed E-state index contributed by atoms with van der Waals surface area (Å²) in [7, 11) is 2.93. The molecule has 0 saturated carbocycles. The van der Waals surface area contributed by atoms with E-state index in [0.29, 0.717) is 40.0 Å². The second kappa shape index (κ2) is 9.59. The molecule has 0 bridgehead atoms. The van der Waals surface area contributed by atoms with Crippen molar-refractivity contribution in [2.45, 2.75) is 49.8 Å². The summed E-state index contributed by atoms with van der Waals surface area (Å²) in [6.07, 6.45) is -4.58. The number of aliphatic carboxylic acids is 1. The number of aromatic nitrogens is 3. The van der Waals surface area contributed by atoms with Crippen LogP contribution in [0.25, 0.3) is 5.69 Å². The Hall–Kier alpha value is -3.21. The molecule has 0 spiro atoms. The van der Waals surface area contributed by atoms with Crippen LogP contribution in [-0.2, 0) is 16.4 Å². The van der Waals surface area contributed by atoms with E-state index in [1.165, 1.54) is 32.0 Å². The van der Waals surface area contributed by atoms with Gasteiger partial charge in [0.2, 0.25) is 0 Å². The molecule has 3 atom stereocenters. The third kappa shape index (κ3) is 4.76. The molecule has 1 aromatic heterocycles. The van der Waals surface area contributed by atoms with Crippen molar-refractivity contribution in [1.29, 1.82) is 0 Å². The van der Waals surface area contributed by atoms with Crippen LogP contribution in [-0.4, -0.2) is 40.1 Å². The molecule has 1 N–H and O–H groups in total. The lowest BCUT2D eigenvalue weighted by Gasteiger charge is -2.25. The van der Waals surface area contributed by atoms with E-state index in [9.17, 15) is 23.1 Å². The van der Waals surface area contributed by atoms with Gasteiger partial charge in [-0.2, -0.15) is 13.2 Å². The van der Waals surface area contributed by atoms with Crippen LogP contribution in [0.3, 0.4) is 0 Å². The molecule has 198 valence electrons. The van der Waals surface area contributed by atoms with Crippen molar-refractivity contribution in [3.63, 3.8) is 0 Å². The molecular weight excluding hydrogens is 507 g/mol. The number of carboxylic acid groups (broad SMARTS) is 1. The molecule has 0 radical (unpaired) electrons. The lowest BCUT2D eigenvalue weighted by molar-refractivity contribution is -0.141. The number of thioether (sulfide) groups is 1. The molecule has 37 heavy (non-hydrogen) atoms. The van der Waals surface area contributed by atoms with Gasteiger partial charge in [0.25, 0.3) is 0 Å². The quantitative estimate of drug-likeness (QED) is 0.416. The van der Waals surface area contributed by atoms with E-state index >= 15 is 0 Å². The number of halogens is 3. The first-order valence-electron chi connectivity index (χ1n) is 11.6. The van der Waals surface area contributed by atoms with Gasteiger partial charge in [0.05, 0.1) is 41.9 Å². The first kappa shape index (κ1) is 26.8. The molecule has 1 aliphatic heterocycles. The zero-order chi connectivity index (χ0) is 27.3. The Balaban J connectivity index is 2.11. The number of fused-ring (bicyclic) bond motifs is 3. The maximum absolute atomic E-state index is 13.9. The largest absolute Gasteiger partial charge is 0.493 e. The van der Waals surface area contributed by atoms with Crippen molar-refractivity contribution >= 4 is 17.7 Å². The molecule has 0 aliphatic carbocycles. The number of hydrogen-bond acceptors (Lipinski definition) is 6. The summed E-state index contributed by atoms with van der Waals surface area (Å²) in [4.78, 5) is 12.2. The van der Waals surface area contributed by atoms with Gasteiger partial charge < -0.3 is 14.6 Å². The van der Waals surface area contributed by atoms with Crippen LogP contribution in [0.2, 0.25) is 0 Å². The number of carboxylic acids is 1. The smallest absolute Gasteiger partial charge is 0.416 e. The first-order valence-corrected chi connectivity index (χ1v) is 12.5. The minimum atomic E-state index is -4.58. The number of alkyl halides is 3. The summed E-state index contributed by atoms with van der Waals surface area (Å²) < 4.78 is 54.5. The zero-order valence-electron chi connectivity index (χ0n) is 21.3. The standard InChI is InChI=1S/C26H28F3N3O4S/c1-13(23(33)34)20-22-30-31-24(25(2,3)4)32(22)17-11-10-14(26(27,28)29)12-16(17)21(37-20)15-8-7-9-18(35-5)19(15)36-6/h7-13,20-21H,1-6H3,(H,33,34). The fourth-order valence-corrected chi connectivity index (χ4v) is 6.05. The summed E-state index contributed by atoms with van der Waals surface area (Å²) >= 11 is 1.21. The topological polar surface area (TPSA) is 86.5 Å². The third-order valence-electron chi connectivity index (χ3n) is 6.33. The van der Waals surface area contributed by atoms with Crippen LogP contribution in [0.1, 0.15) is 66.5 Å². The van der Waals surface area contributed by atoms with Gasteiger partial charge in [-0.05, 0) is 29.8 Å². The Labute approximate surface area is 217 Å². The zero-order valence-corrected chi connectivity index (χ0v) is 22.1. The van der Waals surface area contributed by atoms with Crippen LogP contribution >= 0.6 is 11.8 Å². The van der Waals surface area contributed by atoms with Crippen molar-refractivity contribution in [2.24, 2.45) is 5.92 Å². The monoisotopic (exact) mass is 535 g/mol. The number of para-hydroxylation sites is 1. The average Bonchev–Trinajstić information content (AvgIpc) is 3.23. The van der Waals surface area contributed by atoms with Crippen molar-refractivity contribution < 1.29 is 32.5 Å². The predicted molar refractivity (Wildman–Crippen MR) is 134 cm³/mol. The molecule has 0 amide bonds. The number of hydrogen-bond donors (Lipinski definition) is 1. The molecule has 7 nitrogen and oxygen atoms in total. The van der Waals surface area contributed by atoms with E-state index < -0.39 is 39.5 Å². The van der Waals surface area contributed by atoms with Gasteiger partial charge in [-0.25, -0.2) is 0 Å². The van der Waals surface area contributed by atoms with Crippen LogP contribution in [0.4, 0.5) is 13.2 Å². The minimum Gasteiger partial charge on any atom is -0.493 e. The van der Waals surface area contributed by atoms with E-state index in [1.54, 1.807) is 29.7 Å². The number of carbonyl (C=O) groups is 1.